The molecular weight excluding hydrogens is 332 g/mol. The molecule has 0 amide bonds. The minimum atomic E-state index is -1.77. The molecule has 1 aromatic carbocycles. The minimum Gasteiger partial charge on any atom is -0.507 e. The molecule has 6 N–H and O–H groups in total. The zero-order valence-corrected chi connectivity index (χ0v) is 14.3. The summed E-state index contributed by atoms with van der Waals surface area (Å²) in [6.45, 7) is 2.18. The number of hydrogen-bond acceptors (Lipinski definition) is 8. The van der Waals surface area contributed by atoms with Crippen molar-refractivity contribution in [3.8, 4) is 5.75 Å². The number of aromatic hydroxyl groups is 1. The number of phenolic OH excluding ortho intramolecular Hbond substituents is 1. The molecule has 0 aliphatic rings. The molecule has 0 radical (unpaired) electrons. The molecule has 1 aromatic rings. The third-order valence-corrected chi connectivity index (χ3v) is 3.91. The van der Waals surface area contributed by atoms with Gasteiger partial charge in [-0.3, -0.25) is 4.79 Å². The van der Waals surface area contributed by atoms with E-state index in [4.69, 9.17) is 9.84 Å². The van der Waals surface area contributed by atoms with Crippen LogP contribution < -0.4 is 0 Å². The molecule has 8 nitrogen and oxygen atoms in total. The topological polar surface area (TPSA) is 148 Å². The lowest BCUT2D eigenvalue weighted by Crippen LogP contribution is -2.47. The van der Waals surface area contributed by atoms with Crippen molar-refractivity contribution in [2.75, 3.05) is 13.2 Å². The van der Waals surface area contributed by atoms with Crippen molar-refractivity contribution in [1.29, 1.82) is 0 Å². The summed E-state index contributed by atoms with van der Waals surface area (Å²) in [6.07, 6.45) is -6.32. The lowest BCUT2D eigenvalue weighted by molar-refractivity contribution is -0.156. The van der Waals surface area contributed by atoms with E-state index in [2.05, 4.69) is 0 Å². The van der Waals surface area contributed by atoms with E-state index in [1.165, 1.54) is 0 Å². The van der Waals surface area contributed by atoms with E-state index >= 15 is 0 Å². The van der Waals surface area contributed by atoms with E-state index in [-0.39, 0.29) is 12.2 Å². The SMILES string of the molecule is Cc1cc(CCC(=O)OCC(O)C(O)C(O)C(O)CO)cc(C)c1O. The number of carbonyl (C=O) groups excluding carboxylic acids is 1. The summed E-state index contributed by atoms with van der Waals surface area (Å²) in [6, 6.07) is 3.53. The van der Waals surface area contributed by atoms with Crippen molar-refractivity contribution >= 4 is 5.97 Å². The van der Waals surface area contributed by atoms with E-state index in [1.54, 1.807) is 26.0 Å². The Labute approximate surface area is 145 Å². The molecule has 0 aliphatic carbocycles. The van der Waals surface area contributed by atoms with Gasteiger partial charge in [0, 0.05) is 6.42 Å². The number of ether oxygens (including phenoxy) is 1. The zero-order valence-electron chi connectivity index (χ0n) is 14.3. The van der Waals surface area contributed by atoms with Crippen LogP contribution in [0.25, 0.3) is 0 Å². The van der Waals surface area contributed by atoms with Gasteiger partial charge in [-0.1, -0.05) is 12.1 Å². The van der Waals surface area contributed by atoms with Crippen LogP contribution >= 0.6 is 0 Å². The number of esters is 1. The predicted octanol–water partition coefficient (Wildman–Crippen LogP) is -1.08. The average Bonchev–Trinajstić information content (AvgIpc) is 2.59. The highest BCUT2D eigenvalue weighted by molar-refractivity contribution is 5.69. The number of aliphatic hydroxyl groups excluding tert-OH is 5. The molecule has 0 fully saturated rings. The van der Waals surface area contributed by atoms with Crippen molar-refractivity contribution in [3.05, 3.63) is 28.8 Å². The Kier molecular flexibility index (Phi) is 8.27. The lowest BCUT2D eigenvalue weighted by atomic mass is 10.0. The number of carbonyl (C=O) groups is 1. The van der Waals surface area contributed by atoms with Crippen LogP contribution in [0.5, 0.6) is 5.75 Å². The summed E-state index contributed by atoms with van der Waals surface area (Å²) in [5.41, 5.74) is 2.27. The highest BCUT2D eigenvalue weighted by Gasteiger charge is 2.30. The van der Waals surface area contributed by atoms with Gasteiger partial charge >= 0.3 is 5.97 Å². The summed E-state index contributed by atoms with van der Waals surface area (Å²) in [4.78, 5) is 11.7. The summed E-state index contributed by atoms with van der Waals surface area (Å²) >= 11 is 0. The molecule has 4 unspecified atom stereocenters. The Bertz CT molecular complexity index is 551. The van der Waals surface area contributed by atoms with E-state index in [1.807, 2.05) is 0 Å². The quantitative estimate of drug-likeness (QED) is 0.306. The van der Waals surface area contributed by atoms with Gasteiger partial charge in [0.15, 0.2) is 0 Å². The molecule has 0 bridgehead atoms. The number of rotatable bonds is 9. The average molecular weight is 358 g/mol. The molecule has 4 atom stereocenters. The van der Waals surface area contributed by atoms with Crippen LogP contribution in [0.15, 0.2) is 12.1 Å². The summed E-state index contributed by atoms with van der Waals surface area (Å²) in [5.74, 6) is -0.390. The molecule has 0 saturated heterocycles. The van der Waals surface area contributed by atoms with Crippen LogP contribution in [0.2, 0.25) is 0 Å². The van der Waals surface area contributed by atoms with Crippen LogP contribution in [0.3, 0.4) is 0 Å². The van der Waals surface area contributed by atoms with Gasteiger partial charge in [-0.25, -0.2) is 0 Å². The first-order valence-electron chi connectivity index (χ1n) is 7.95. The fraction of sp³-hybridized carbons (Fsp3) is 0.588. The van der Waals surface area contributed by atoms with Crippen LogP contribution in [0.4, 0.5) is 0 Å². The maximum atomic E-state index is 11.7. The first-order chi connectivity index (χ1) is 11.7. The molecule has 0 aromatic heterocycles. The van der Waals surface area contributed by atoms with E-state index in [0.29, 0.717) is 17.5 Å². The van der Waals surface area contributed by atoms with Crippen molar-refractivity contribution in [3.63, 3.8) is 0 Å². The Morgan fingerprint density at radius 3 is 2.08 bits per heavy atom. The van der Waals surface area contributed by atoms with Gasteiger partial charge in [-0.15, -0.1) is 0 Å². The molecule has 0 spiro atoms. The van der Waals surface area contributed by atoms with E-state index in [9.17, 15) is 30.3 Å². The zero-order chi connectivity index (χ0) is 19.1. The van der Waals surface area contributed by atoms with Gasteiger partial charge in [0.2, 0.25) is 0 Å². The van der Waals surface area contributed by atoms with Crippen molar-refractivity contribution in [2.45, 2.75) is 51.1 Å². The Morgan fingerprint density at radius 1 is 1.04 bits per heavy atom. The van der Waals surface area contributed by atoms with Crippen molar-refractivity contribution in [2.24, 2.45) is 0 Å². The molecule has 8 heteroatoms. The first-order valence-corrected chi connectivity index (χ1v) is 7.95. The van der Waals surface area contributed by atoms with Crippen LogP contribution in [-0.2, 0) is 16.0 Å². The van der Waals surface area contributed by atoms with Gasteiger partial charge in [0.05, 0.1) is 6.61 Å². The molecule has 25 heavy (non-hydrogen) atoms. The Morgan fingerprint density at radius 2 is 1.56 bits per heavy atom. The van der Waals surface area contributed by atoms with Gasteiger partial charge < -0.3 is 35.4 Å². The fourth-order valence-electron chi connectivity index (χ4n) is 2.35. The lowest BCUT2D eigenvalue weighted by Gasteiger charge is -2.25. The summed E-state index contributed by atoms with van der Waals surface area (Å²) in [5, 5.41) is 56.3. The monoisotopic (exact) mass is 358 g/mol. The molecular formula is C17H26O8. The number of aryl methyl sites for hydroxylation is 3. The highest BCUT2D eigenvalue weighted by atomic mass is 16.5. The van der Waals surface area contributed by atoms with Crippen LogP contribution in [0, 0.1) is 13.8 Å². The maximum Gasteiger partial charge on any atom is 0.306 e. The predicted molar refractivity (Wildman–Crippen MR) is 88.0 cm³/mol. The smallest absolute Gasteiger partial charge is 0.306 e. The molecule has 0 heterocycles. The van der Waals surface area contributed by atoms with Gasteiger partial charge in [0.1, 0.15) is 36.8 Å². The normalized spacial score (nSPS) is 16.1. The summed E-state index contributed by atoms with van der Waals surface area (Å²) < 4.78 is 4.84. The van der Waals surface area contributed by atoms with Gasteiger partial charge in [0.25, 0.3) is 0 Å². The Hall–Kier alpha value is -1.71. The van der Waals surface area contributed by atoms with Gasteiger partial charge in [-0.05, 0) is 37.0 Å². The minimum absolute atomic E-state index is 0.0360. The molecule has 0 aliphatic heterocycles. The number of phenols is 1. The fourth-order valence-corrected chi connectivity index (χ4v) is 2.35. The standard InChI is InChI=1S/C17H26O8/c1-9-5-11(6-10(2)15(9)22)3-4-14(21)25-8-13(20)17(24)16(23)12(19)7-18/h5-6,12-13,16-20,22-24H,3-4,7-8H2,1-2H3. The second-order valence-electron chi connectivity index (χ2n) is 6.06. The molecule has 142 valence electrons. The van der Waals surface area contributed by atoms with E-state index in [0.717, 1.165) is 5.56 Å². The maximum absolute atomic E-state index is 11.7. The number of hydrogen-bond donors (Lipinski definition) is 6. The third kappa shape index (κ3) is 6.26. The highest BCUT2D eigenvalue weighted by Crippen LogP contribution is 2.23. The second kappa shape index (κ2) is 9.69. The van der Waals surface area contributed by atoms with E-state index < -0.39 is 43.6 Å². The van der Waals surface area contributed by atoms with Crippen LogP contribution in [0.1, 0.15) is 23.1 Å². The Balaban J connectivity index is 2.45. The summed E-state index contributed by atoms with van der Waals surface area (Å²) in [7, 11) is 0. The van der Waals surface area contributed by atoms with Gasteiger partial charge in [-0.2, -0.15) is 0 Å². The van der Waals surface area contributed by atoms with Crippen molar-refractivity contribution < 1.29 is 40.2 Å². The number of aliphatic hydroxyl groups is 5. The first kappa shape index (κ1) is 21.3. The van der Waals surface area contributed by atoms with Crippen molar-refractivity contribution in [1.82, 2.24) is 0 Å². The largest absolute Gasteiger partial charge is 0.507 e. The molecule has 1 rings (SSSR count). The van der Waals surface area contributed by atoms with Crippen LogP contribution in [-0.4, -0.2) is 74.2 Å². The molecule has 0 saturated carbocycles. The number of benzene rings is 1. The second-order valence-corrected chi connectivity index (χ2v) is 6.06. The third-order valence-electron chi connectivity index (χ3n) is 3.91.